The van der Waals surface area contributed by atoms with Crippen LogP contribution in [0.1, 0.15) is 38.1 Å². The maximum absolute atomic E-state index is 12.0. The van der Waals surface area contributed by atoms with Gasteiger partial charge < -0.3 is 19.9 Å². The Morgan fingerprint density at radius 3 is 2.21 bits per heavy atom. The largest absolute Gasteiger partial charge is 0.494 e. The van der Waals surface area contributed by atoms with Crippen molar-refractivity contribution in [1.29, 1.82) is 0 Å². The van der Waals surface area contributed by atoms with E-state index in [-0.39, 0.29) is 0 Å². The highest BCUT2D eigenvalue weighted by Gasteiger charge is 2.18. The van der Waals surface area contributed by atoms with Crippen molar-refractivity contribution in [3.05, 3.63) is 48.0 Å². The van der Waals surface area contributed by atoms with Gasteiger partial charge in [0.15, 0.2) is 0 Å². The molecule has 0 aliphatic carbocycles. The molecule has 0 heterocycles. The number of carbonyl (C=O) groups is 1. The number of nitrogens with two attached hydrogens (primary N) is 1. The molecule has 2 N–H and O–H groups in total. The van der Waals surface area contributed by atoms with Crippen molar-refractivity contribution >= 4 is 11.7 Å². The lowest BCUT2D eigenvalue weighted by Crippen LogP contribution is -2.23. The van der Waals surface area contributed by atoms with E-state index in [4.69, 9.17) is 19.9 Å². The molecule has 2 rings (SSSR count). The molecule has 0 saturated carbocycles. The minimum absolute atomic E-state index is 0.368. The second-order valence-electron chi connectivity index (χ2n) is 6.26. The van der Waals surface area contributed by atoms with Crippen molar-refractivity contribution in [2.75, 3.05) is 12.3 Å². The van der Waals surface area contributed by atoms with Crippen LogP contribution in [-0.4, -0.2) is 18.2 Å². The Kier molecular flexibility index (Phi) is 5.34. The molecule has 0 saturated heterocycles. The van der Waals surface area contributed by atoms with Crippen LogP contribution in [0.2, 0.25) is 0 Å². The van der Waals surface area contributed by atoms with Gasteiger partial charge in [0.1, 0.15) is 22.8 Å². The Morgan fingerprint density at radius 1 is 1.04 bits per heavy atom. The van der Waals surface area contributed by atoms with Gasteiger partial charge in [0, 0.05) is 0 Å². The van der Waals surface area contributed by atoms with Gasteiger partial charge in [-0.05, 0) is 70.2 Å². The minimum Gasteiger partial charge on any atom is -0.494 e. The van der Waals surface area contributed by atoms with Crippen LogP contribution in [0.4, 0.5) is 5.69 Å². The van der Waals surface area contributed by atoms with E-state index in [1.807, 2.05) is 39.8 Å². The quantitative estimate of drug-likeness (QED) is 0.649. The predicted molar refractivity (Wildman–Crippen MR) is 93.7 cm³/mol. The van der Waals surface area contributed by atoms with E-state index in [1.165, 1.54) is 0 Å². The van der Waals surface area contributed by atoms with Crippen LogP contribution < -0.4 is 15.2 Å². The summed E-state index contributed by atoms with van der Waals surface area (Å²) in [5, 5.41) is 0. The van der Waals surface area contributed by atoms with Crippen molar-refractivity contribution < 1.29 is 19.0 Å². The van der Waals surface area contributed by atoms with Crippen LogP contribution >= 0.6 is 0 Å². The van der Waals surface area contributed by atoms with Crippen LogP contribution in [0.3, 0.4) is 0 Å². The SMILES string of the molecule is CCOc1ccc(Oc2ccc(C(=O)OC(C)(C)C)cc2N)cc1. The van der Waals surface area contributed by atoms with Gasteiger partial charge in [-0.2, -0.15) is 0 Å². The summed E-state index contributed by atoms with van der Waals surface area (Å²) in [5.41, 5.74) is 6.20. The molecule has 0 bridgehead atoms. The smallest absolute Gasteiger partial charge is 0.338 e. The number of anilines is 1. The maximum atomic E-state index is 12.0. The highest BCUT2D eigenvalue weighted by Crippen LogP contribution is 2.29. The average molecular weight is 329 g/mol. The molecular formula is C19H23NO4. The minimum atomic E-state index is -0.552. The average Bonchev–Trinajstić information content (AvgIpc) is 2.49. The fourth-order valence-corrected chi connectivity index (χ4v) is 2.00. The van der Waals surface area contributed by atoms with Crippen LogP contribution in [0, 0.1) is 0 Å². The number of carbonyl (C=O) groups excluding carboxylic acids is 1. The third kappa shape index (κ3) is 4.91. The molecule has 0 aromatic heterocycles. The summed E-state index contributed by atoms with van der Waals surface area (Å²) < 4.78 is 16.5. The van der Waals surface area contributed by atoms with E-state index in [2.05, 4.69) is 0 Å². The lowest BCUT2D eigenvalue weighted by molar-refractivity contribution is 0.00696. The van der Waals surface area contributed by atoms with Crippen molar-refractivity contribution in [3.8, 4) is 17.2 Å². The summed E-state index contributed by atoms with van der Waals surface area (Å²) in [6.45, 7) is 7.99. The van der Waals surface area contributed by atoms with Crippen molar-refractivity contribution in [3.63, 3.8) is 0 Å². The number of rotatable bonds is 5. The summed E-state index contributed by atoms with van der Waals surface area (Å²) in [6, 6.07) is 12.1. The molecule has 0 spiro atoms. The number of hydrogen-bond acceptors (Lipinski definition) is 5. The standard InChI is InChI=1S/C19H23NO4/c1-5-22-14-7-9-15(10-8-14)23-17-11-6-13(12-16(17)20)18(21)24-19(2,3)4/h6-12H,5,20H2,1-4H3. The second kappa shape index (κ2) is 7.25. The lowest BCUT2D eigenvalue weighted by atomic mass is 10.1. The highest BCUT2D eigenvalue weighted by molar-refractivity contribution is 5.91. The van der Waals surface area contributed by atoms with E-state index in [0.29, 0.717) is 29.4 Å². The number of nitrogen functional groups attached to an aromatic ring is 1. The number of benzene rings is 2. The third-order valence-electron chi connectivity index (χ3n) is 3.01. The fraction of sp³-hybridized carbons (Fsp3) is 0.316. The molecule has 0 aliphatic rings. The van der Waals surface area contributed by atoms with Crippen LogP contribution in [-0.2, 0) is 4.74 Å². The van der Waals surface area contributed by atoms with E-state index in [0.717, 1.165) is 5.75 Å². The topological polar surface area (TPSA) is 70.8 Å². The Labute approximate surface area is 142 Å². The predicted octanol–water partition coefficient (Wildman–Crippen LogP) is 4.42. The Hall–Kier alpha value is -2.69. The molecule has 0 radical (unpaired) electrons. The van der Waals surface area contributed by atoms with Gasteiger partial charge in [-0.15, -0.1) is 0 Å². The Bertz CT molecular complexity index is 702. The van der Waals surface area contributed by atoms with Gasteiger partial charge >= 0.3 is 5.97 Å². The summed E-state index contributed by atoms with van der Waals surface area (Å²) in [7, 11) is 0. The van der Waals surface area contributed by atoms with E-state index < -0.39 is 11.6 Å². The first-order valence-corrected chi connectivity index (χ1v) is 7.82. The van der Waals surface area contributed by atoms with Gasteiger partial charge in [-0.1, -0.05) is 0 Å². The monoisotopic (exact) mass is 329 g/mol. The zero-order valence-electron chi connectivity index (χ0n) is 14.5. The van der Waals surface area contributed by atoms with Crippen LogP contribution in [0.15, 0.2) is 42.5 Å². The first-order chi connectivity index (χ1) is 11.3. The van der Waals surface area contributed by atoms with Gasteiger partial charge in [0.25, 0.3) is 0 Å². The zero-order valence-corrected chi connectivity index (χ0v) is 14.5. The normalized spacial score (nSPS) is 11.0. The molecule has 2 aromatic rings. The molecule has 0 aliphatic heterocycles. The fourth-order valence-electron chi connectivity index (χ4n) is 2.00. The summed E-state index contributed by atoms with van der Waals surface area (Å²) in [4.78, 5) is 12.0. The number of hydrogen-bond donors (Lipinski definition) is 1. The highest BCUT2D eigenvalue weighted by atomic mass is 16.6. The summed E-state index contributed by atoms with van der Waals surface area (Å²) in [5.74, 6) is 1.47. The summed E-state index contributed by atoms with van der Waals surface area (Å²) >= 11 is 0. The van der Waals surface area contributed by atoms with E-state index >= 15 is 0 Å². The Morgan fingerprint density at radius 2 is 1.67 bits per heavy atom. The molecule has 128 valence electrons. The lowest BCUT2D eigenvalue weighted by Gasteiger charge is -2.19. The molecule has 24 heavy (non-hydrogen) atoms. The van der Waals surface area contributed by atoms with Crippen molar-refractivity contribution in [1.82, 2.24) is 0 Å². The van der Waals surface area contributed by atoms with Gasteiger partial charge in [-0.25, -0.2) is 4.79 Å². The van der Waals surface area contributed by atoms with Gasteiger partial charge in [0.2, 0.25) is 0 Å². The summed E-state index contributed by atoms with van der Waals surface area (Å²) in [6.07, 6.45) is 0. The van der Waals surface area contributed by atoms with Crippen LogP contribution in [0.5, 0.6) is 17.2 Å². The molecular weight excluding hydrogens is 306 g/mol. The second-order valence-corrected chi connectivity index (χ2v) is 6.26. The molecule has 0 fully saturated rings. The first-order valence-electron chi connectivity index (χ1n) is 7.82. The molecule has 0 atom stereocenters. The van der Waals surface area contributed by atoms with Crippen molar-refractivity contribution in [2.45, 2.75) is 33.3 Å². The number of ether oxygens (including phenoxy) is 3. The molecule has 0 unspecified atom stereocenters. The van der Waals surface area contributed by atoms with E-state index in [9.17, 15) is 4.79 Å². The molecule has 0 amide bonds. The van der Waals surface area contributed by atoms with Gasteiger partial charge in [0.05, 0.1) is 17.9 Å². The molecule has 2 aromatic carbocycles. The maximum Gasteiger partial charge on any atom is 0.338 e. The van der Waals surface area contributed by atoms with Crippen LogP contribution in [0.25, 0.3) is 0 Å². The van der Waals surface area contributed by atoms with Crippen molar-refractivity contribution in [2.24, 2.45) is 0 Å². The van der Waals surface area contributed by atoms with E-state index in [1.54, 1.807) is 30.3 Å². The molecule has 5 heteroatoms. The third-order valence-corrected chi connectivity index (χ3v) is 3.01. The molecule has 5 nitrogen and oxygen atoms in total. The van der Waals surface area contributed by atoms with Gasteiger partial charge in [-0.3, -0.25) is 0 Å². The zero-order chi connectivity index (χ0) is 17.7. The number of esters is 1. The first kappa shape index (κ1) is 17.7. The Balaban J connectivity index is 2.10.